The minimum absolute atomic E-state index is 0.394. The standard InChI is InChI=1S/C16H18N2S/c1-12(13-7-8-19-11-13)17-9-14-10-18(2)16-6-4-3-5-15(14)16/h3-8,10-12,17H,9H2,1-2H3. The van der Waals surface area contributed by atoms with E-state index in [0.29, 0.717) is 6.04 Å². The summed E-state index contributed by atoms with van der Waals surface area (Å²) < 4.78 is 2.20. The minimum Gasteiger partial charge on any atom is -0.350 e. The van der Waals surface area contributed by atoms with E-state index in [2.05, 4.69) is 71.1 Å². The lowest BCUT2D eigenvalue weighted by atomic mass is 10.1. The van der Waals surface area contributed by atoms with Crippen LogP contribution in [-0.4, -0.2) is 4.57 Å². The Morgan fingerprint density at radius 3 is 2.89 bits per heavy atom. The Kier molecular flexibility index (Phi) is 3.40. The van der Waals surface area contributed by atoms with Crippen molar-refractivity contribution < 1.29 is 0 Å². The third-order valence-electron chi connectivity index (χ3n) is 3.62. The van der Waals surface area contributed by atoms with Crippen LogP contribution >= 0.6 is 11.3 Å². The van der Waals surface area contributed by atoms with Crippen molar-refractivity contribution in [2.24, 2.45) is 7.05 Å². The third-order valence-corrected chi connectivity index (χ3v) is 4.32. The molecule has 1 unspecified atom stereocenters. The lowest BCUT2D eigenvalue weighted by molar-refractivity contribution is 0.577. The average Bonchev–Trinajstić information content (AvgIpc) is 3.06. The molecule has 19 heavy (non-hydrogen) atoms. The van der Waals surface area contributed by atoms with E-state index in [1.165, 1.54) is 22.0 Å². The predicted molar refractivity (Wildman–Crippen MR) is 82.5 cm³/mol. The zero-order valence-corrected chi connectivity index (χ0v) is 12.1. The highest BCUT2D eigenvalue weighted by atomic mass is 32.1. The van der Waals surface area contributed by atoms with Crippen molar-refractivity contribution >= 4 is 22.2 Å². The number of hydrogen-bond acceptors (Lipinski definition) is 2. The number of nitrogens with zero attached hydrogens (tertiary/aromatic N) is 1. The number of thiophene rings is 1. The van der Waals surface area contributed by atoms with Gasteiger partial charge in [0.05, 0.1) is 0 Å². The Morgan fingerprint density at radius 1 is 1.26 bits per heavy atom. The molecule has 0 aliphatic carbocycles. The molecule has 2 heterocycles. The van der Waals surface area contributed by atoms with E-state index in [9.17, 15) is 0 Å². The second kappa shape index (κ2) is 5.19. The molecule has 1 atom stereocenters. The molecule has 0 spiro atoms. The van der Waals surface area contributed by atoms with Gasteiger partial charge in [-0.05, 0) is 40.9 Å². The fourth-order valence-corrected chi connectivity index (χ4v) is 3.22. The van der Waals surface area contributed by atoms with Gasteiger partial charge in [0.15, 0.2) is 0 Å². The van der Waals surface area contributed by atoms with E-state index in [4.69, 9.17) is 0 Å². The first-order valence-electron chi connectivity index (χ1n) is 6.54. The molecule has 0 aliphatic heterocycles. The normalized spacial score (nSPS) is 12.9. The summed E-state index contributed by atoms with van der Waals surface area (Å²) in [5.41, 5.74) is 4.02. The number of rotatable bonds is 4. The molecule has 98 valence electrons. The van der Waals surface area contributed by atoms with Gasteiger partial charge in [0.25, 0.3) is 0 Å². The zero-order valence-electron chi connectivity index (χ0n) is 11.3. The van der Waals surface area contributed by atoms with Crippen molar-refractivity contribution in [3.8, 4) is 0 Å². The van der Waals surface area contributed by atoms with Gasteiger partial charge < -0.3 is 9.88 Å². The fourth-order valence-electron chi connectivity index (χ4n) is 2.47. The minimum atomic E-state index is 0.394. The van der Waals surface area contributed by atoms with Crippen LogP contribution in [-0.2, 0) is 13.6 Å². The summed E-state index contributed by atoms with van der Waals surface area (Å²) in [6, 6.07) is 11.1. The van der Waals surface area contributed by atoms with E-state index < -0.39 is 0 Å². The molecule has 0 amide bonds. The smallest absolute Gasteiger partial charge is 0.0481 e. The lowest BCUT2D eigenvalue weighted by Crippen LogP contribution is -2.17. The van der Waals surface area contributed by atoms with Crippen molar-refractivity contribution in [3.63, 3.8) is 0 Å². The van der Waals surface area contributed by atoms with Gasteiger partial charge >= 0.3 is 0 Å². The maximum absolute atomic E-state index is 3.60. The molecule has 0 saturated carbocycles. The molecular weight excluding hydrogens is 252 g/mol. The van der Waals surface area contributed by atoms with Crippen molar-refractivity contribution in [2.75, 3.05) is 0 Å². The van der Waals surface area contributed by atoms with Crippen LogP contribution in [0.3, 0.4) is 0 Å². The van der Waals surface area contributed by atoms with Crippen LogP contribution in [0.4, 0.5) is 0 Å². The van der Waals surface area contributed by atoms with Gasteiger partial charge in [-0.3, -0.25) is 0 Å². The Labute approximate surface area is 117 Å². The van der Waals surface area contributed by atoms with E-state index >= 15 is 0 Å². The van der Waals surface area contributed by atoms with E-state index in [1.807, 2.05) is 0 Å². The van der Waals surface area contributed by atoms with Crippen LogP contribution in [0.1, 0.15) is 24.1 Å². The molecule has 0 radical (unpaired) electrons. The van der Waals surface area contributed by atoms with Crippen molar-refractivity contribution in [1.29, 1.82) is 0 Å². The van der Waals surface area contributed by atoms with Crippen LogP contribution in [0.5, 0.6) is 0 Å². The van der Waals surface area contributed by atoms with Gasteiger partial charge in [-0.25, -0.2) is 0 Å². The summed E-state index contributed by atoms with van der Waals surface area (Å²) in [6.07, 6.45) is 2.22. The van der Waals surface area contributed by atoms with Crippen LogP contribution in [0.15, 0.2) is 47.3 Å². The van der Waals surface area contributed by atoms with E-state index in [1.54, 1.807) is 11.3 Å². The van der Waals surface area contributed by atoms with Crippen LogP contribution in [0.25, 0.3) is 10.9 Å². The largest absolute Gasteiger partial charge is 0.350 e. The van der Waals surface area contributed by atoms with Gasteiger partial charge in [0.1, 0.15) is 0 Å². The zero-order chi connectivity index (χ0) is 13.2. The second-order valence-corrected chi connectivity index (χ2v) is 5.72. The van der Waals surface area contributed by atoms with Crippen molar-refractivity contribution in [3.05, 3.63) is 58.4 Å². The molecule has 1 aromatic carbocycles. The molecular formula is C16H18N2S. The molecule has 1 N–H and O–H groups in total. The number of fused-ring (bicyclic) bond motifs is 1. The highest BCUT2D eigenvalue weighted by molar-refractivity contribution is 7.07. The lowest BCUT2D eigenvalue weighted by Gasteiger charge is -2.11. The molecule has 2 nitrogen and oxygen atoms in total. The van der Waals surface area contributed by atoms with Gasteiger partial charge in [0.2, 0.25) is 0 Å². The first-order valence-corrected chi connectivity index (χ1v) is 7.48. The maximum Gasteiger partial charge on any atom is 0.0481 e. The molecule has 0 bridgehead atoms. The fraction of sp³-hybridized carbons (Fsp3) is 0.250. The highest BCUT2D eigenvalue weighted by Gasteiger charge is 2.08. The molecule has 0 fully saturated rings. The average molecular weight is 270 g/mol. The molecule has 3 rings (SSSR count). The van der Waals surface area contributed by atoms with Gasteiger partial charge in [-0.2, -0.15) is 11.3 Å². The number of nitrogens with one attached hydrogen (secondary N) is 1. The van der Waals surface area contributed by atoms with Crippen LogP contribution in [0, 0.1) is 0 Å². The summed E-state index contributed by atoms with van der Waals surface area (Å²) in [7, 11) is 2.11. The summed E-state index contributed by atoms with van der Waals surface area (Å²) in [5, 5.41) is 9.28. The SMILES string of the molecule is CC(NCc1cn(C)c2ccccc12)c1ccsc1. The van der Waals surface area contributed by atoms with Crippen molar-refractivity contribution in [2.45, 2.75) is 19.5 Å². The first-order chi connectivity index (χ1) is 9.25. The molecule has 0 saturated heterocycles. The van der Waals surface area contributed by atoms with Gasteiger partial charge in [-0.15, -0.1) is 0 Å². The van der Waals surface area contributed by atoms with Gasteiger partial charge in [-0.1, -0.05) is 18.2 Å². The quantitative estimate of drug-likeness (QED) is 0.755. The summed E-state index contributed by atoms with van der Waals surface area (Å²) in [5.74, 6) is 0. The first kappa shape index (κ1) is 12.5. The number of benzene rings is 1. The second-order valence-electron chi connectivity index (χ2n) is 4.94. The number of aryl methyl sites for hydroxylation is 1. The molecule has 3 aromatic rings. The molecule has 2 aromatic heterocycles. The number of aromatic nitrogens is 1. The molecule has 3 heteroatoms. The monoisotopic (exact) mass is 270 g/mol. The Morgan fingerprint density at radius 2 is 2.11 bits per heavy atom. The third kappa shape index (κ3) is 2.44. The van der Waals surface area contributed by atoms with Crippen molar-refractivity contribution in [1.82, 2.24) is 9.88 Å². The summed E-state index contributed by atoms with van der Waals surface area (Å²) in [6.45, 7) is 3.12. The Hall–Kier alpha value is -1.58. The van der Waals surface area contributed by atoms with E-state index in [-0.39, 0.29) is 0 Å². The van der Waals surface area contributed by atoms with E-state index in [0.717, 1.165) is 6.54 Å². The van der Waals surface area contributed by atoms with Crippen LogP contribution < -0.4 is 5.32 Å². The van der Waals surface area contributed by atoms with Gasteiger partial charge in [0, 0.05) is 36.7 Å². The summed E-state index contributed by atoms with van der Waals surface area (Å²) in [4.78, 5) is 0. The van der Waals surface area contributed by atoms with Crippen LogP contribution in [0.2, 0.25) is 0 Å². The topological polar surface area (TPSA) is 17.0 Å². The Balaban J connectivity index is 1.79. The Bertz CT molecular complexity index is 667. The number of hydrogen-bond donors (Lipinski definition) is 1. The number of para-hydroxylation sites is 1. The maximum atomic E-state index is 3.60. The highest BCUT2D eigenvalue weighted by Crippen LogP contribution is 2.22. The summed E-state index contributed by atoms with van der Waals surface area (Å²) >= 11 is 1.75. The predicted octanol–water partition coefficient (Wildman–Crippen LogP) is 4.09. The molecule has 0 aliphatic rings.